The maximum atomic E-state index is 11.1. The first-order chi connectivity index (χ1) is 6.74. The monoisotopic (exact) mass is 219 g/mol. The molecule has 6 heteroatoms. The number of methoxy groups -OCH3 is 1. The van der Waals surface area contributed by atoms with Crippen LogP contribution in [-0.2, 0) is 14.3 Å². The van der Waals surface area contributed by atoms with Crippen LogP contribution in [0.25, 0.3) is 0 Å². The van der Waals surface area contributed by atoms with E-state index in [0.717, 1.165) is 0 Å². The summed E-state index contributed by atoms with van der Waals surface area (Å²) in [6.07, 6.45) is -2.39. The van der Waals surface area contributed by atoms with E-state index in [1.807, 2.05) is 0 Å². The van der Waals surface area contributed by atoms with Crippen LogP contribution in [0.2, 0.25) is 0 Å². The largest absolute Gasteiger partial charge is 0.469 e. The third-order valence-corrected chi connectivity index (χ3v) is 1.27. The average Bonchev–Trinajstić information content (AvgIpc) is 1.99. The molecule has 6 nitrogen and oxygen atoms in total. The molecule has 0 aromatic rings. The number of carbonyl (C=O) groups excluding carboxylic acids is 2. The van der Waals surface area contributed by atoms with Gasteiger partial charge in [-0.05, 0) is 20.8 Å². The molecule has 0 heterocycles. The fourth-order valence-electron chi connectivity index (χ4n) is 0.736. The summed E-state index contributed by atoms with van der Waals surface area (Å²) in [5.41, 5.74) is -0.644. The second-order valence-electron chi connectivity index (χ2n) is 3.94. The molecule has 0 saturated carbocycles. The maximum Gasteiger partial charge on any atom is 0.409 e. The molecule has 0 fully saturated rings. The van der Waals surface area contributed by atoms with Crippen molar-refractivity contribution < 1.29 is 24.2 Å². The van der Waals surface area contributed by atoms with Gasteiger partial charge in [0.05, 0.1) is 13.5 Å². The van der Waals surface area contributed by atoms with Gasteiger partial charge >= 0.3 is 12.1 Å². The van der Waals surface area contributed by atoms with Gasteiger partial charge in [-0.2, -0.15) is 0 Å². The molecule has 0 aliphatic heterocycles. The number of amides is 1. The molecular formula is C9H17NO5. The van der Waals surface area contributed by atoms with Crippen LogP contribution in [0.1, 0.15) is 27.2 Å². The van der Waals surface area contributed by atoms with Crippen LogP contribution >= 0.6 is 0 Å². The van der Waals surface area contributed by atoms with Crippen LogP contribution in [-0.4, -0.2) is 36.1 Å². The number of rotatable bonds is 3. The summed E-state index contributed by atoms with van der Waals surface area (Å²) in [7, 11) is 1.20. The Morgan fingerprint density at radius 2 is 1.93 bits per heavy atom. The summed E-state index contributed by atoms with van der Waals surface area (Å²) in [6.45, 7) is 5.08. The number of esters is 1. The first-order valence-electron chi connectivity index (χ1n) is 4.49. The molecule has 1 unspecified atom stereocenters. The topological polar surface area (TPSA) is 84.9 Å². The molecule has 88 valence electrons. The van der Waals surface area contributed by atoms with Crippen LogP contribution < -0.4 is 5.32 Å². The highest BCUT2D eigenvalue weighted by Crippen LogP contribution is 2.06. The van der Waals surface area contributed by atoms with Gasteiger partial charge in [-0.15, -0.1) is 0 Å². The van der Waals surface area contributed by atoms with Crippen molar-refractivity contribution >= 4 is 12.1 Å². The van der Waals surface area contributed by atoms with E-state index >= 15 is 0 Å². The van der Waals surface area contributed by atoms with Gasteiger partial charge in [-0.1, -0.05) is 0 Å². The van der Waals surface area contributed by atoms with Crippen molar-refractivity contribution in [1.82, 2.24) is 5.32 Å². The average molecular weight is 219 g/mol. The number of carbonyl (C=O) groups is 2. The van der Waals surface area contributed by atoms with Gasteiger partial charge in [0, 0.05) is 0 Å². The SMILES string of the molecule is COC(=O)CC(O)NC(=O)OC(C)(C)C. The lowest BCUT2D eigenvalue weighted by Crippen LogP contribution is -2.40. The normalized spacial score (nSPS) is 12.9. The number of nitrogens with one attached hydrogen (secondary N) is 1. The second-order valence-corrected chi connectivity index (χ2v) is 3.94. The molecule has 0 aliphatic carbocycles. The van der Waals surface area contributed by atoms with E-state index in [1.54, 1.807) is 20.8 Å². The molecule has 0 aromatic heterocycles. The predicted molar refractivity (Wildman–Crippen MR) is 52.0 cm³/mol. The zero-order valence-corrected chi connectivity index (χ0v) is 9.36. The van der Waals surface area contributed by atoms with Crippen molar-refractivity contribution in [3.8, 4) is 0 Å². The number of hydrogen-bond acceptors (Lipinski definition) is 5. The van der Waals surface area contributed by atoms with E-state index in [4.69, 9.17) is 4.74 Å². The highest BCUT2D eigenvalue weighted by Gasteiger charge is 2.19. The van der Waals surface area contributed by atoms with Crippen LogP contribution in [0.4, 0.5) is 4.79 Å². The lowest BCUT2D eigenvalue weighted by molar-refractivity contribution is -0.143. The molecular weight excluding hydrogens is 202 g/mol. The van der Waals surface area contributed by atoms with Crippen LogP contribution in [0.15, 0.2) is 0 Å². The van der Waals surface area contributed by atoms with E-state index < -0.39 is 23.9 Å². The molecule has 0 radical (unpaired) electrons. The minimum absolute atomic E-state index is 0.310. The zero-order valence-electron chi connectivity index (χ0n) is 9.36. The Hall–Kier alpha value is -1.30. The minimum atomic E-state index is -1.30. The lowest BCUT2D eigenvalue weighted by Gasteiger charge is -2.21. The van der Waals surface area contributed by atoms with Gasteiger partial charge in [0.2, 0.25) is 0 Å². The minimum Gasteiger partial charge on any atom is -0.469 e. The van der Waals surface area contributed by atoms with Gasteiger partial charge in [0.25, 0.3) is 0 Å². The van der Waals surface area contributed by atoms with Crippen molar-refractivity contribution in [3.05, 3.63) is 0 Å². The molecule has 1 atom stereocenters. The Balaban J connectivity index is 3.92. The highest BCUT2D eigenvalue weighted by molar-refractivity contribution is 5.72. The smallest absolute Gasteiger partial charge is 0.409 e. The van der Waals surface area contributed by atoms with Crippen molar-refractivity contribution in [2.24, 2.45) is 0 Å². The molecule has 0 saturated heterocycles. The molecule has 15 heavy (non-hydrogen) atoms. The maximum absolute atomic E-state index is 11.1. The highest BCUT2D eigenvalue weighted by atomic mass is 16.6. The fourth-order valence-corrected chi connectivity index (χ4v) is 0.736. The number of alkyl carbamates (subject to hydrolysis) is 1. The summed E-state index contributed by atoms with van der Waals surface area (Å²) in [5, 5.41) is 11.3. The molecule has 0 spiro atoms. The van der Waals surface area contributed by atoms with Gasteiger partial charge in [0.15, 0.2) is 0 Å². The van der Waals surface area contributed by atoms with Crippen molar-refractivity contribution in [2.75, 3.05) is 7.11 Å². The van der Waals surface area contributed by atoms with Gasteiger partial charge in [0.1, 0.15) is 11.8 Å². The Kier molecular flexibility index (Phi) is 5.07. The van der Waals surface area contributed by atoms with Crippen LogP contribution in [0.5, 0.6) is 0 Å². The Morgan fingerprint density at radius 3 is 2.33 bits per heavy atom. The summed E-state index contributed by atoms with van der Waals surface area (Å²) in [4.78, 5) is 21.8. The standard InChI is InChI=1S/C9H17NO5/c1-9(2,3)15-8(13)10-6(11)5-7(12)14-4/h6,11H,5H2,1-4H3,(H,10,13). The van der Waals surface area contributed by atoms with Gasteiger partial charge in [-0.25, -0.2) is 4.79 Å². The predicted octanol–water partition coefficient (Wildman–Crippen LogP) is 0.393. The van der Waals surface area contributed by atoms with Crippen molar-refractivity contribution in [2.45, 2.75) is 39.0 Å². The Bertz CT molecular complexity index is 233. The molecule has 2 N–H and O–H groups in total. The molecule has 1 amide bonds. The summed E-state index contributed by atoms with van der Waals surface area (Å²) < 4.78 is 9.17. The summed E-state index contributed by atoms with van der Waals surface area (Å²) in [5.74, 6) is -0.612. The van der Waals surface area contributed by atoms with Crippen LogP contribution in [0, 0.1) is 0 Å². The molecule has 0 rings (SSSR count). The Morgan fingerprint density at radius 1 is 1.40 bits per heavy atom. The van der Waals surface area contributed by atoms with E-state index in [-0.39, 0.29) is 6.42 Å². The summed E-state index contributed by atoms with van der Waals surface area (Å²) in [6, 6.07) is 0. The number of aliphatic hydroxyl groups excluding tert-OH is 1. The van der Waals surface area contributed by atoms with E-state index in [9.17, 15) is 14.7 Å². The van der Waals surface area contributed by atoms with E-state index in [2.05, 4.69) is 10.1 Å². The first kappa shape index (κ1) is 13.7. The summed E-state index contributed by atoms with van der Waals surface area (Å²) >= 11 is 0. The van der Waals surface area contributed by atoms with Crippen LogP contribution in [0.3, 0.4) is 0 Å². The number of aliphatic hydroxyl groups is 1. The number of ether oxygens (including phenoxy) is 2. The van der Waals surface area contributed by atoms with Gasteiger partial charge < -0.3 is 14.6 Å². The van der Waals surface area contributed by atoms with Crippen molar-refractivity contribution in [1.29, 1.82) is 0 Å². The third kappa shape index (κ3) is 7.75. The second kappa shape index (κ2) is 5.55. The number of hydrogen-bond donors (Lipinski definition) is 2. The lowest BCUT2D eigenvalue weighted by atomic mass is 10.2. The first-order valence-corrected chi connectivity index (χ1v) is 4.49. The van der Waals surface area contributed by atoms with Crippen molar-refractivity contribution in [3.63, 3.8) is 0 Å². The zero-order chi connectivity index (χ0) is 12.1. The third-order valence-electron chi connectivity index (χ3n) is 1.27. The molecule has 0 aromatic carbocycles. The molecule has 0 aliphatic rings. The van der Waals surface area contributed by atoms with E-state index in [1.165, 1.54) is 7.11 Å². The van der Waals surface area contributed by atoms with Gasteiger partial charge in [-0.3, -0.25) is 10.1 Å². The van der Waals surface area contributed by atoms with E-state index in [0.29, 0.717) is 0 Å². The quantitative estimate of drug-likeness (QED) is 0.530. The Labute approximate surface area is 88.6 Å². The molecule has 0 bridgehead atoms. The fraction of sp³-hybridized carbons (Fsp3) is 0.778.